The molecule has 0 amide bonds. The van der Waals surface area contributed by atoms with Crippen LogP contribution >= 0.6 is 0 Å². The van der Waals surface area contributed by atoms with E-state index in [0.29, 0.717) is 24.7 Å². The van der Waals surface area contributed by atoms with Gasteiger partial charge in [0.1, 0.15) is 0 Å². The van der Waals surface area contributed by atoms with E-state index in [4.69, 9.17) is 18.9 Å². The van der Waals surface area contributed by atoms with E-state index >= 15 is 0 Å². The van der Waals surface area contributed by atoms with Crippen LogP contribution in [0.15, 0.2) is 18.2 Å². The monoisotopic (exact) mass is 303 g/mol. The Labute approximate surface area is 129 Å². The molecule has 1 aromatic carbocycles. The van der Waals surface area contributed by atoms with Gasteiger partial charge in [0, 0.05) is 31.3 Å². The number of ether oxygens (including phenoxy) is 4. The summed E-state index contributed by atoms with van der Waals surface area (Å²) in [7, 11) is 0. The zero-order chi connectivity index (χ0) is 14.6. The number of rotatable bonds is 1. The molecule has 5 heteroatoms. The molecule has 2 saturated heterocycles. The molecule has 3 heterocycles. The average molecular weight is 303 g/mol. The fraction of sp³-hybridized carbons (Fsp3) is 0.647. The molecular weight excluding hydrogens is 282 g/mol. The van der Waals surface area contributed by atoms with Crippen LogP contribution < -0.4 is 14.8 Å². The summed E-state index contributed by atoms with van der Waals surface area (Å²) in [5.74, 6) is 2.47. The van der Waals surface area contributed by atoms with E-state index in [1.807, 2.05) is 6.07 Å². The Balaban J connectivity index is 1.43. The molecule has 1 aliphatic carbocycles. The molecule has 1 aromatic rings. The van der Waals surface area contributed by atoms with Gasteiger partial charge in [0.2, 0.25) is 6.79 Å². The smallest absolute Gasteiger partial charge is 0.231 e. The Hall–Kier alpha value is -1.30. The first-order chi connectivity index (χ1) is 10.8. The molecule has 3 atom stereocenters. The molecule has 3 aliphatic heterocycles. The molecule has 0 bridgehead atoms. The van der Waals surface area contributed by atoms with Crippen LogP contribution in [0.1, 0.15) is 30.7 Å². The summed E-state index contributed by atoms with van der Waals surface area (Å²) in [4.78, 5) is 0. The highest BCUT2D eigenvalue weighted by molar-refractivity contribution is 5.46. The molecule has 1 saturated carbocycles. The lowest BCUT2D eigenvalue weighted by Crippen LogP contribution is -2.44. The average Bonchev–Trinajstić information content (AvgIpc) is 3.26. The predicted molar refractivity (Wildman–Crippen MR) is 79.1 cm³/mol. The highest BCUT2D eigenvalue weighted by Crippen LogP contribution is 2.48. The zero-order valence-corrected chi connectivity index (χ0v) is 12.5. The van der Waals surface area contributed by atoms with Crippen molar-refractivity contribution >= 4 is 0 Å². The minimum atomic E-state index is -0.318. The van der Waals surface area contributed by atoms with E-state index in [1.54, 1.807) is 0 Å². The van der Waals surface area contributed by atoms with Crippen LogP contribution in [-0.2, 0) is 9.47 Å². The molecule has 1 N–H and O–H groups in total. The van der Waals surface area contributed by atoms with Crippen molar-refractivity contribution in [2.75, 3.05) is 26.6 Å². The molecule has 3 fully saturated rings. The highest BCUT2D eigenvalue weighted by Gasteiger charge is 2.50. The highest BCUT2D eigenvalue weighted by atomic mass is 16.7. The van der Waals surface area contributed by atoms with Gasteiger partial charge >= 0.3 is 0 Å². The third-order valence-electron chi connectivity index (χ3n) is 5.65. The summed E-state index contributed by atoms with van der Waals surface area (Å²) in [6.45, 7) is 2.82. The van der Waals surface area contributed by atoms with Crippen LogP contribution in [0.4, 0.5) is 0 Å². The lowest BCUT2D eigenvalue weighted by molar-refractivity contribution is -0.189. The van der Waals surface area contributed by atoms with Gasteiger partial charge in [-0.2, -0.15) is 0 Å². The molecule has 0 radical (unpaired) electrons. The number of fused-ring (bicyclic) bond motifs is 2. The lowest BCUT2D eigenvalue weighted by Gasteiger charge is -2.39. The van der Waals surface area contributed by atoms with Crippen LogP contribution in [-0.4, -0.2) is 38.4 Å². The van der Waals surface area contributed by atoms with Crippen LogP contribution in [0, 0.1) is 5.92 Å². The Morgan fingerprint density at radius 3 is 2.86 bits per heavy atom. The fourth-order valence-electron chi connectivity index (χ4n) is 4.57. The van der Waals surface area contributed by atoms with Crippen LogP contribution in [0.25, 0.3) is 0 Å². The second-order valence-electron chi connectivity index (χ2n) is 6.75. The van der Waals surface area contributed by atoms with Crippen molar-refractivity contribution in [2.24, 2.45) is 5.92 Å². The van der Waals surface area contributed by atoms with Crippen LogP contribution in [0.3, 0.4) is 0 Å². The fourth-order valence-corrected chi connectivity index (χ4v) is 4.57. The van der Waals surface area contributed by atoms with Crippen LogP contribution in [0.2, 0.25) is 0 Å². The van der Waals surface area contributed by atoms with Gasteiger partial charge in [-0.1, -0.05) is 6.07 Å². The maximum atomic E-state index is 5.95. The molecule has 1 spiro atoms. The van der Waals surface area contributed by atoms with Crippen LogP contribution in [0.5, 0.6) is 11.5 Å². The van der Waals surface area contributed by atoms with E-state index in [-0.39, 0.29) is 5.79 Å². The van der Waals surface area contributed by atoms with Gasteiger partial charge in [0.15, 0.2) is 17.3 Å². The molecule has 0 unspecified atom stereocenters. The largest absolute Gasteiger partial charge is 0.454 e. The first kappa shape index (κ1) is 13.2. The topological polar surface area (TPSA) is 49.0 Å². The zero-order valence-electron chi connectivity index (χ0n) is 12.5. The quantitative estimate of drug-likeness (QED) is 0.860. The Morgan fingerprint density at radius 1 is 1.09 bits per heavy atom. The summed E-state index contributed by atoms with van der Waals surface area (Å²) in [6.07, 6.45) is 3.13. The lowest BCUT2D eigenvalue weighted by atomic mass is 9.74. The van der Waals surface area contributed by atoms with Crippen molar-refractivity contribution in [3.63, 3.8) is 0 Å². The third kappa shape index (κ3) is 1.96. The molecule has 22 heavy (non-hydrogen) atoms. The number of benzene rings is 1. The van der Waals surface area contributed by atoms with Gasteiger partial charge in [-0.25, -0.2) is 0 Å². The van der Waals surface area contributed by atoms with E-state index in [0.717, 1.165) is 50.5 Å². The third-order valence-corrected chi connectivity index (χ3v) is 5.65. The number of hydrogen-bond acceptors (Lipinski definition) is 5. The van der Waals surface area contributed by atoms with Gasteiger partial charge < -0.3 is 24.3 Å². The minimum absolute atomic E-state index is 0.318. The van der Waals surface area contributed by atoms with E-state index in [2.05, 4.69) is 17.4 Å². The first-order valence-electron chi connectivity index (χ1n) is 8.24. The number of nitrogens with one attached hydrogen (secondary N) is 1. The Kier molecular flexibility index (Phi) is 2.90. The van der Waals surface area contributed by atoms with E-state index in [9.17, 15) is 0 Å². The predicted octanol–water partition coefficient (Wildman–Crippen LogP) is 2.01. The minimum Gasteiger partial charge on any atom is -0.454 e. The van der Waals surface area contributed by atoms with Crippen molar-refractivity contribution in [1.29, 1.82) is 0 Å². The van der Waals surface area contributed by atoms with Gasteiger partial charge in [-0.3, -0.25) is 0 Å². The molecule has 5 nitrogen and oxygen atoms in total. The SMILES string of the molecule is c1cc2c(cc1[C@@H]1CN[C@@H]3CCC4(C[C@H]31)OCCO4)OCO2. The second kappa shape index (κ2) is 4.85. The molecular formula is C17H21NO4. The summed E-state index contributed by atoms with van der Waals surface area (Å²) < 4.78 is 22.9. The molecule has 0 aromatic heterocycles. The first-order valence-corrected chi connectivity index (χ1v) is 8.24. The van der Waals surface area contributed by atoms with Crippen molar-refractivity contribution in [3.8, 4) is 11.5 Å². The molecule has 5 rings (SSSR count). The van der Waals surface area contributed by atoms with E-state index in [1.165, 1.54) is 5.56 Å². The van der Waals surface area contributed by atoms with Gasteiger partial charge in [-0.15, -0.1) is 0 Å². The Bertz CT molecular complexity index is 584. The summed E-state index contributed by atoms with van der Waals surface area (Å²) in [5, 5.41) is 3.70. The van der Waals surface area contributed by atoms with E-state index < -0.39 is 0 Å². The maximum absolute atomic E-state index is 5.95. The second-order valence-corrected chi connectivity index (χ2v) is 6.75. The van der Waals surface area contributed by atoms with Crippen molar-refractivity contribution in [2.45, 2.75) is 37.0 Å². The van der Waals surface area contributed by atoms with Crippen molar-refractivity contribution in [3.05, 3.63) is 23.8 Å². The summed E-state index contributed by atoms with van der Waals surface area (Å²) >= 11 is 0. The molecule has 4 aliphatic rings. The van der Waals surface area contributed by atoms with Crippen molar-refractivity contribution < 1.29 is 18.9 Å². The summed E-state index contributed by atoms with van der Waals surface area (Å²) in [6, 6.07) is 6.94. The van der Waals surface area contributed by atoms with Crippen molar-refractivity contribution in [1.82, 2.24) is 5.32 Å². The normalized spacial score (nSPS) is 35.0. The molecule has 118 valence electrons. The van der Waals surface area contributed by atoms with Gasteiger partial charge in [0.05, 0.1) is 13.2 Å². The summed E-state index contributed by atoms with van der Waals surface area (Å²) in [5.41, 5.74) is 1.33. The van der Waals surface area contributed by atoms with Gasteiger partial charge in [0.25, 0.3) is 0 Å². The Morgan fingerprint density at radius 2 is 1.95 bits per heavy atom. The van der Waals surface area contributed by atoms with Gasteiger partial charge in [-0.05, 0) is 30.0 Å². The number of hydrogen-bond donors (Lipinski definition) is 1. The maximum Gasteiger partial charge on any atom is 0.231 e. The standard InChI is InChI=1S/C17H21NO4/c1-2-15-16(20-10-19-15)7-11(1)13-9-18-14-3-4-17(8-12(13)14)21-5-6-22-17/h1-2,7,12-14,18H,3-6,8-10H2/t12-,13-,14+/m0/s1.